The molecule has 1 aliphatic heterocycles. The monoisotopic (exact) mass is 270 g/mol. The van der Waals surface area contributed by atoms with Crippen molar-refractivity contribution in [3.8, 4) is 11.1 Å². The van der Waals surface area contributed by atoms with Crippen LogP contribution in [-0.4, -0.2) is 46.8 Å². The third-order valence-corrected chi connectivity index (χ3v) is 3.51. The summed E-state index contributed by atoms with van der Waals surface area (Å²) in [7, 11) is 0. The first-order chi connectivity index (χ1) is 9.83. The van der Waals surface area contributed by atoms with Gasteiger partial charge in [-0.1, -0.05) is 30.3 Å². The fraction of sp³-hybridized carbons (Fsp3) is 0.333. The van der Waals surface area contributed by atoms with Crippen molar-refractivity contribution in [1.82, 2.24) is 20.0 Å². The van der Waals surface area contributed by atoms with Crippen molar-refractivity contribution in [2.24, 2.45) is 0 Å². The second kappa shape index (κ2) is 5.88. The van der Waals surface area contributed by atoms with Crippen LogP contribution in [0.3, 0.4) is 0 Å². The zero-order valence-electron chi connectivity index (χ0n) is 11.3. The summed E-state index contributed by atoms with van der Waals surface area (Å²) < 4.78 is 1.71. The summed E-state index contributed by atoms with van der Waals surface area (Å²) in [6.45, 7) is 3.63. The van der Waals surface area contributed by atoms with Crippen molar-refractivity contribution in [2.45, 2.75) is 6.54 Å². The average Bonchev–Trinajstić information content (AvgIpc) is 2.97. The van der Waals surface area contributed by atoms with Crippen LogP contribution in [0.1, 0.15) is 0 Å². The number of piperazine rings is 1. The van der Waals surface area contributed by atoms with Gasteiger partial charge in [-0.2, -0.15) is 5.10 Å². The quantitative estimate of drug-likeness (QED) is 0.904. The van der Waals surface area contributed by atoms with E-state index in [-0.39, 0.29) is 5.91 Å². The number of rotatable bonds is 3. The van der Waals surface area contributed by atoms with Crippen LogP contribution in [0.4, 0.5) is 0 Å². The molecule has 1 aliphatic rings. The molecule has 5 heteroatoms. The zero-order valence-corrected chi connectivity index (χ0v) is 11.3. The smallest absolute Gasteiger partial charge is 0.244 e. The van der Waals surface area contributed by atoms with Crippen LogP contribution in [0.15, 0.2) is 42.7 Å². The molecule has 2 aromatic rings. The van der Waals surface area contributed by atoms with E-state index < -0.39 is 0 Å². The molecular formula is C15H18N4O. The van der Waals surface area contributed by atoms with Crippen LogP contribution < -0.4 is 5.32 Å². The van der Waals surface area contributed by atoms with Crippen LogP contribution in [0.2, 0.25) is 0 Å². The number of carbonyl (C=O) groups excluding carboxylic acids is 1. The van der Waals surface area contributed by atoms with Crippen LogP contribution >= 0.6 is 0 Å². The van der Waals surface area contributed by atoms with Gasteiger partial charge < -0.3 is 10.2 Å². The van der Waals surface area contributed by atoms with Gasteiger partial charge in [0.1, 0.15) is 6.54 Å². The molecule has 0 radical (unpaired) electrons. The normalized spacial score (nSPS) is 15.3. The van der Waals surface area contributed by atoms with Crippen LogP contribution in [0.5, 0.6) is 0 Å². The third-order valence-electron chi connectivity index (χ3n) is 3.51. The maximum absolute atomic E-state index is 12.2. The van der Waals surface area contributed by atoms with E-state index in [1.807, 2.05) is 41.4 Å². The second-order valence-corrected chi connectivity index (χ2v) is 4.92. The fourth-order valence-electron chi connectivity index (χ4n) is 2.38. The van der Waals surface area contributed by atoms with Gasteiger partial charge in [0.25, 0.3) is 0 Å². The van der Waals surface area contributed by atoms with Crippen LogP contribution in [0.25, 0.3) is 11.1 Å². The Kier molecular flexibility index (Phi) is 3.78. The largest absolute Gasteiger partial charge is 0.339 e. The summed E-state index contributed by atoms with van der Waals surface area (Å²) in [5.74, 6) is 0.134. The summed E-state index contributed by atoms with van der Waals surface area (Å²) in [6, 6.07) is 10.1. The van der Waals surface area contributed by atoms with Crippen molar-refractivity contribution < 1.29 is 4.79 Å². The van der Waals surface area contributed by atoms with E-state index in [9.17, 15) is 4.79 Å². The first kappa shape index (κ1) is 12.9. The Morgan fingerprint density at radius 2 is 1.90 bits per heavy atom. The van der Waals surface area contributed by atoms with Crippen molar-refractivity contribution >= 4 is 5.91 Å². The minimum absolute atomic E-state index is 0.134. The summed E-state index contributed by atoms with van der Waals surface area (Å²) in [5, 5.41) is 7.52. The van der Waals surface area contributed by atoms with E-state index in [0.29, 0.717) is 6.54 Å². The molecule has 3 rings (SSSR count). The number of aromatic nitrogens is 2. The summed E-state index contributed by atoms with van der Waals surface area (Å²) in [6.07, 6.45) is 3.73. The molecule has 0 saturated carbocycles. The van der Waals surface area contributed by atoms with E-state index in [4.69, 9.17) is 0 Å². The number of nitrogens with one attached hydrogen (secondary N) is 1. The molecule has 0 bridgehead atoms. The first-order valence-corrected chi connectivity index (χ1v) is 6.89. The SMILES string of the molecule is O=C(Cn1cc(-c2ccccc2)cn1)N1CCNCC1. The predicted molar refractivity (Wildman–Crippen MR) is 77.1 cm³/mol. The Morgan fingerprint density at radius 3 is 2.65 bits per heavy atom. The Balaban J connectivity index is 1.66. The Labute approximate surface area is 118 Å². The van der Waals surface area contributed by atoms with Gasteiger partial charge in [-0.15, -0.1) is 0 Å². The molecule has 1 N–H and O–H groups in total. The molecule has 0 atom stereocenters. The van der Waals surface area contributed by atoms with Crippen molar-refractivity contribution in [2.75, 3.05) is 26.2 Å². The van der Waals surface area contributed by atoms with E-state index in [2.05, 4.69) is 10.4 Å². The highest BCUT2D eigenvalue weighted by atomic mass is 16.2. The molecular weight excluding hydrogens is 252 g/mol. The molecule has 0 spiro atoms. The lowest BCUT2D eigenvalue weighted by Gasteiger charge is -2.27. The lowest BCUT2D eigenvalue weighted by atomic mass is 10.1. The standard InChI is InChI=1S/C15H18N4O/c20-15(18-8-6-16-7-9-18)12-19-11-14(10-17-19)13-4-2-1-3-5-13/h1-5,10-11,16H,6-9,12H2. The molecule has 1 amide bonds. The van der Waals surface area contributed by atoms with Crippen LogP contribution in [-0.2, 0) is 11.3 Å². The molecule has 1 fully saturated rings. The molecule has 0 aliphatic carbocycles. The van der Waals surface area contributed by atoms with Gasteiger partial charge in [0.15, 0.2) is 0 Å². The fourth-order valence-corrected chi connectivity index (χ4v) is 2.38. The number of nitrogens with zero attached hydrogens (tertiary/aromatic N) is 3. The lowest BCUT2D eigenvalue weighted by Crippen LogP contribution is -2.47. The van der Waals surface area contributed by atoms with Crippen LogP contribution in [0, 0.1) is 0 Å². The molecule has 0 unspecified atom stereocenters. The van der Waals surface area contributed by atoms with Gasteiger partial charge in [0, 0.05) is 37.9 Å². The molecule has 1 saturated heterocycles. The van der Waals surface area contributed by atoms with Crippen molar-refractivity contribution in [3.63, 3.8) is 0 Å². The van der Waals surface area contributed by atoms with Gasteiger partial charge in [0.05, 0.1) is 6.20 Å². The van der Waals surface area contributed by atoms with Gasteiger partial charge in [-0.05, 0) is 5.56 Å². The van der Waals surface area contributed by atoms with Gasteiger partial charge >= 0.3 is 0 Å². The number of amides is 1. The molecule has 20 heavy (non-hydrogen) atoms. The van der Waals surface area contributed by atoms with E-state index >= 15 is 0 Å². The Morgan fingerprint density at radius 1 is 1.15 bits per heavy atom. The van der Waals surface area contributed by atoms with Gasteiger partial charge in [-0.3, -0.25) is 9.48 Å². The zero-order chi connectivity index (χ0) is 13.8. The van der Waals surface area contributed by atoms with Crippen molar-refractivity contribution in [3.05, 3.63) is 42.7 Å². The van der Waals surface area contributed by atoms with E-state index in [1.54, 1.807) is 10.9 Å². The highest BCUT2D eigenvalue weighted by molar-refractivity contribution is 5.76. The maximum atomic E-state index is 12.2. The van der Waals surface area contributed by atoms with E-state index in [0.717, 1.165) is 37.3 Å². The molecule has 5 nitrogen and oxygen atoms in total. The second-order valence-electron chi connectivity index (χ2n) is 4.92. The summed E-state index contributed by atoms with van der Waals surface area (Å²) in [5.41, 5.74) is 2.16. The molecule has 1 aromatic heterocycles. The minimum atomic E-state index is 0.134. The molecule has 104 valence electrons. The topological polar surface area (TPSA) is 50.2 Å². The number of hydrogen-bond acceptors (Lipinski definition) is 3. The highest BCUT2D eigenvalue weighted by Gasteiger charge is 2.16. The highest BCUT2D eigenvalue weighted by Crippen LogP contribution is 2.17. The number of carbonyl (C=O) groups is 1. The Hall–Kier alpha value is -2.14. The van der Waals surface area contributed by atoms with Crippen molar-refractivity contribution in [1.29, 1.82) is 0 Å². The predicted octanol–water partition coefficient (Wildman–Crippen LogP) is 0.982. The van der Waals surface area contributed by atoms with E-state index in [1.165, 1.54) is 0 Å². The first-order valence-electron chi connectivity index (χ1n) is 6.89. The molecule has 1 aromatic carbocycles. The van der Waals surface area contributed by atoms with Gasteiger partial charge in [-0.25, -0.2) is 0 Å². The number of hydrogen-bond donors (Lipinski definition) is 1. The third kappa shape index (κ3) is 2.88. The molecule has 2 heterocycles. The average molecular weight is 270 g/mol. The summed E-state index contributed by atoms with van der Waals surface area (Å²) in [4.78, 5) is 14.0. The maximum Gasteiger partial charge on any atom is 0.244 e. The number of benzene rings is 1. The van der Waals surface area contributed by atoms with Gasteiger partial charge in [0.2, 0.25) is 5.91 Å². The lowest BCUT2D eigenvalue weighted by molar-refractivity contribution is -0.132. The minimum Gasteiger partial charge on any atom is -0.339 e. The Bertz CT molecular complexity index is 573. The summed E-state index contributed by atoms with van der Waals surface area (Å²) >= 11 is 0.